The van der Waals surface area contributed by atoms with Gasteiger partial charge in [-0.2, -0.15) is 0 Å². The van der Waals surface area contributed by atoms with E-state index in [1.165, 1.54) is 0 Å². The third kappa shape index (κ3) is 6.19. The standard InChI is InChI=1S/C26H34N2O5/c1-3-32-23(33-4-2)13-8-16-27-24(29)21-11-7-9-19(17-21)18-28-26(25(30)31)15-14-20-10-5-6-12-22(20)26/h5-7,9-12,17,23,28H,3-4,8,13-16,18H2,1-2H3,(H,27,29)(H,30,31). The van der Waals surface area contributed by atoms with Crippen LogP contribution in [0.1, 0.15) is 60.2 Å². The fourth-order valence-corrected chi connectivity index (χ4v) is 4.33. The van der Waals surface area contributed by atoms with Gasteiger partial charge in [-0.1, -0.05) is 36.4 Å². The second kappa shape index (κ2) is 11.9. The molecule has 0 radical (unpaired) electrons. The summed E-state index contributed by atoms with van der Waals surface area (Å²) in [7, 11) is 0. The minimum Gasteiger partial charge on any atom is -0.480 e. The van der Waals surface area contributed by atoms with Gasteiger partial charge in [-0.05, 0) is 61.9 Å². The minimum absolute atomic E-state index is 0.152. The van der Waals surface area contributed by atoms with Crippen molar-refractivity contribution >= 4 is 11.9 Å². The van der Waals surface area contributed by atoms with Crippen molar-refractivity contribution in [2.45, 2.75) is 57.9 Å². The number of carboxylic acids is 1. The Morgan fingerprint density at radius 2 is 1.85 bits per heavy atom. The van der Waals surface area contributed by atoms with Gasteiger partial charge in [0.15, 0.2) is 6.29 Å². The summed E-state index contributed by atoms with van der Waals surface area (Å²) >= 11 is 0. The van der Waals surface area contributed by atoms with Crippen molar-refractivity contribution < 1.29 is 24.2 Å². The number of nitrogens with one attached hydrogen (secondary N) is 2. The summed E-state index contributed by atoms with van der Waals surface area (Å²) in [5.41, 5.74) is 2.20. The van der Waals surface area contributed by atoms with Crippen molar-refractivity contribution in [3.05, 3.63) is 70.8 Å². The molecular formula is C26H34N2O5. The zero-order valence-corrected chi connectivity index (χ0v) is 19.4. The summed E-state index contributed by atoms with van der Waals surface area (Å²) in [6.45, 7) is 5.92. The Morgan fingerprint density at radius 3 is 2.58 bits per heavy atom. The van der Waals surface area contributed by atoms with Crippen LogP contribution in [0, 0.1) is 0 Å². The Hall–Kier alpha value is -2.74. The van der Waals surface area contributed by atoms with Gasteiger partial charge in [0.25, 0.3) is 5.91 Å². The number of rotatable bonds is 13. The van der Waals surface area contributed by atoms with E-state index in [2.05, 4.69) is 10.6 Å². The highest BCUT2D eigenvalue weighted by atomic mass is 16.7. The number of amides is 1. The molecule has 3 rings (SSSR count). The highest BCUT2D eigenvalue weighted by molar-refractivity contribution is 5.94. The third-order valence-corrected chi connectivity index (χ3v) is 6.00. The molecule has 2 aromatic rings. The van der Waals surface area contributed by atoms with Gasteiger partial charge in [-0.15, -0.1) is 0 Å². The Balaban J connectivity index is 1.56. The first-order valence-electron chi connectivity index (χ1n) is 11.7. The van der Waals surface area contributed by atoms with Crippen LogP contribution in [0.25, 0.3) is 0 Å². The van der Waals surface area contributed by atoms with E-state index in [4.69, 9.17) is 9.47 Å². The lowest BCUT2D eigenvalue weighted by Gasteiger charge is -2.27. The van der Waals surface area contributed by atoms with Crippen LogP contribution in [-0.4, -0.2) is 43.0 Å². The molecule has 0 saturated heterocycles. The molecule has 1 unspecified atom stereocenters. The quantitative estimate of drug-likeness (QED) is 0.316. The fourth-order valence-electron chi connectivity index (χ4n) is 4.33. The SMILES string of the molecule is CCOC(CCCNC(=O)c1cccc(CNC2(C(=O)O)CCc3ccccc32)c1)OCC. The number of aryl methyl sites for hydroxylation is 1. The van der Waals surface area contributed by atoms with Crippen LogP contribution in [0.2, 0.25) is 0 Å². The van der Waals surface area contributed by atoms with Crippen LogP contribution in [0.15, 0.2) is 48.5 Å². The van der Waals surface area contributed by atoms with Gasteiger partial charge in [-0.3, -0.25) is 10.1 Å². The van der Waals surface area contributed by atoms with Gasteiger partial charge in [0.2, 0.25) is 0 Å². The molecule has 33 heavy (non-hydrogen) atoms. The summed E-state index contributed by atoms with van der Waals surface area (Å²) in [5, 5.41) is 16.2. The molecule has 0 bridgehead atoms. The molecular weight excluding hydrogens is 420 g/mol. The summed E-state index contributed by atoms with van der Waals surface area (Å²) in [6, 6.07) is 15.0. The molecule has 2 aromatic carbocycles. The van der Waals surface area contributed by atoms with E-state index < -0.39 is 11.5 Å². The van der Waals surface area contributed by atoms with Crippen LogP contribution in [0.3, 0.4) is 0 Å². The van der Waals surface area contributed by atoms with Crippen molar-refractivity contribution in [3.8, 4) is 0 Å². The second-order valence-electron chi connectivity index (χ2n) is 8.16. The molecule has 0 saturated carbocycles. The molecule has 1 amide bonds. The highest BCUT2D eigenvalue weighted by Gasteiger charge is 2.45. The number of benzene rings is 2. The van der Waals surface area contributed by atoms with Gasteiger partial charge in [-0.25, -0.2) is 4.79 Å². The Kier molecular flexibility index (Phi) is 9.00. The number of carbonyl (C=O) groups excluding carboxylic acids is 1. The van der Waals surface area contributed by atoms with Crippen molar-refractivity contribution in [3.63, 3.8) is 0 Å². The molecule has 0 fully saturated rings. The van der Waals surface area contributed by atoms with E-state index in [9.17, 15) is 14.7 Å². The van der Waals surface area contributed by atoms with Crippen molar-refractivity contribution in [1.29, 1.82) is 0 Å². The Morgan fingerprint density at radius 1 is 1.09 bits per heavy atom. The highest BCUT2D eigenvalue weighted by Crippen LogP contribution is 2.37. The number of ether oxygens (including phenoxy) is 2. The molecule has 1 atom stereocenters. The lowest BCUT2D eigenvalue weighted by Crippen LogP contribution is -2.47. The molecule has 0 aliphatic heterocycles. The van der Waals surface area contributed by atoms with Crippen LogP contribution in [-0.2, 0) is 32.8 Å². The zero-order valence-electron chi connectivity index (χ0n) is 19.4. The Bertz CT molecular complexity index is 942. The van der Waals surface area contributed by atoms with Gasteiger partial charge >= 0.3 is 5.97 Å². The summed E-state index contributed by atoms with van der Waals surface area (Å²) in [5.74, 6) is -1.03. The topological polar surface area (TPSA) is 96.9 Å². The third-order valence-electron chi connectivity index (χ3n) is 6.00. The number of hydrogen-bond acceptors (Lipinski definition) is 5. The van der Waals surface area contributed by atoms with E-state index in [-0.39, 0.29) is 12.2 Å². The van der Waals surface area contributed by atoms with E-state index in [1.54, 1.807) is 6.07 Å². The van der Waals surface area contributed by atoms with Gasteiger partial charge < -0.3 is 19.9 Å². The summed E-state index contributed by atoms with van der Waals surface area (Å²) < 4.78 is 11.0. The van der Waals surface area contributed by atoms with Crippen LogP contribution < -0.4 is 10.6 Å². The molecule has 178 valence electrons. The van der Waals surface area contributed by atoms with E-state index in [0.717, 1.165) is 29.5 Å². The van der Waals surface area contributed by atoms with E-state index in [0.29, 0.717) is 44.7 Å². The first-order chi connectivity index (χ1) is 16.0. The minimum atomic E-state index is -1.10. The van der Waals surface area contributed by atoms with Crippen molar-refractivity contribution in [1.82, 2.24) is 10.6 Å². The summed E-state index contributed by atoms with van der Waals surface area (Å²) in [6.07, 6.45) is 2.45. The van der Waals surface area contributed by atoms with Gasteiger partial charge in [0.1, 0.15) is 5.54 Å². The maximum absolute atomic E-state index is 12.6. The maximum Gasteiger partial charge on any atom is 0.328 e. The monoisotopic (exact) mass is 454 g/mol. The molecule has 7 nitrogen and oxygen atoms in total. The maximum atomic E-state index is 12.6. The lowest BCUT2D eigenvalue weighted by atomic mass is 9.91. The smallest absolute Gasteiger partial charge is 0.328 e. The van der Waals surface area contributed by atoms with Crippen molar-refractivity contribution in [2.75, 3.05) is 19.8 Å². The normalized spacial score (nSPS) is 17.2. The van der Waals surface area contributed by atoms with Crippen LogP contribution in [0.4, 0.5) is 0 Å². The first kappa shape index (κ1) is 24.9. The molecule has 3 N–H and O–H groups in total. The van der Waals surface area contributed by atoms with Gasteiger partial charge in [0, 0.05) is 38.3 Å². The molecule has 1 aliphatic rings. The van der Waals surface area contributed by atoms with E-state index in [1.807, 2.05) is 56.3 Å². The van der Waals surface area contributed by atoms with Crippen LogP contribution in [0.5, 0.6) is 0 Å². The number of hydrogen-bond donors (Lipinski definition) is 3. The Labute approximate surface area is 195 Å². The zero-order chi connectivity index (χ0) is 23.7. The molecule has 0 heterocycles. The van der Waals surface area contributed by atoms with E-state index >= 15 is 0 Å². The largest absolute Gasteiger partial charge is 0.480 e. The predicted molar refractivity (Wildman–Crippen MR) is 126 cm³/mol. The van der Waals surface area contributed by atoms with Crippen LogP contribution >= 0.6 is 0 Å². The predicted octanol–water partition coefficient (Wildman–Crippen LogP) is 3.61. The average molecular weight is 455 g/mol. The molecule has 1 aliphatic carbocycles. The van der Waals surface area contributed by atoms with Gasteiger partial charge in [0.05, 0.1) is 0 Å². The molecule has 0 spiro atoms. The number of aliphatic carboxylic acids is 1. The summed E-state index contributed by atoms with van der Waals surface area (Å²) in [4.78, 5) is 24.8. The molecule has 0 aromatic heterocycles. The number of carbonyl (C=O) groups is 2. The molecule has 7 heteroatoms. The lowest BCUT2D eigenvalue weighted by molar-refractivity contribution is -0.145. The van der Waals surface area contributed by atoms with Crippen molar-refractivity contribution in [2.24, 2.45) is 0 Å². The number of fused-ring (bicyclic) bond motifs is 1. The average Bonchev–Trinajstić information content (AvgIpc) is 3.21. The number of carboxylic acid groups (broad SMARTS) is 1. The second-order valence-corrected chi connectivity index (χ2v) is 8.16. The fraction of sp³-hybridized carbons (Fsp3) is 0.462. The first-order valence-corrected chi connectivity index (χ1v) is 11.7.